The summed E-state index contributed by atoms with van der Waals surface area (Å²) < 4.78 is 9.10. The first-order valence-electron chi connectivity index (χ1n) is 12.8. The van der Waals surface area contributed by atoms with Crippen LogP contribution in [0.15, 0.2) is 57.9 Å². The fourth-order valence-electron chi connectivity index (χ4n) is 4.35. The average molecular weight is 546 g/mol. The van der Waals surface area contributed by atoms with Crippen LogP contribution in [-0.2, 0) is 12.6 Å². The van der Waals surface area contributed by atoms with E-state index in [0.29, 0.717) is 28.2 Å². The van der Waals surface area contributed by atoms with E-state index in [0.717, 1.165) is 5.56 Å². The molecule has 4 heterocycles. The van der Waals surface area contributed by atoms with Crippen LogP contribution in [0.4, 0.5) is 17.6 Å². The normalized spacial score (nSPS) is 12.7. The Morgan fingerprint density at radius 3 is 2.48 bits per heavy atom. The molecule has 0 radical (unpaired) electrons. The summed E-state index contributed by atoms with van der Waals surface area (Å²) in [4.78, 5) is 26.4. The summed E-state index contributed by atoms with van der Waals surface area (Å²) in [7, 11) is 1.71. The lowest BCUT2D eigenvalue weighted by atomic mass is 10.1. The van der Waals surface area contributed by atoms with Gasteiger partial charge in [0.15, 0.2) is 5.65 Å². The highest BCUT2D eigenvalue weighted by molar-refractivity contribution is 5.77. The van der Waals surface area contributed by atoms with Crippen LogP contribution in [0.5, 0.6) is 0 Å². The predicted molar refractivity (Wildman–Crippen MR) is 149 cm³/mol. The Kier molecular flexibility index (Phi) is 7.08. The molecule has 5 rings (SSSR count). The van der Waals surface area contributed by atoms with Gasteiger partial charge < -0.3 is 25.3 Å². The molecule has 1 atom stereocenters. The number of nitrogens with one attached hydrogen (secondary N) is 2. The second-order valence-electron chi connectivity index (χ2n) is 10.2. The minimum absolute atomic E-state index is 0.0147. The fraction of sp³-hybridized carbons (Fsp3) is 0.333. The molecule has 0 aliphatic carbocycles. The summed E-state index contributed by atoms with van der Waals surface area (Å²) in [6, 6.07) is 12.3. The number of aromatic nitrogens is 7. The van der Waals surface area contributed by atoms with Crippen LogP contribution in [0.25, 0.3) is 22.5 Å². The molecule has 0 bridgehead atoms. The van der Waals surface area contributed by atoms with E-state index in [1.165, 1.54) is 6.20 Å². The van der Waals surface area contributed by atoms with Crippen molar-refractivity contribution in [2.45, 2.75) is 45.4 Å². The van der Waals surface area contributed by atoms with Crippen molar-refractivity contribution in [3.63, 3.8) is 0 Å². The summed E-state index contributed by atoms with van der Waals surface area (Å²) in [6.45, 7) is 6.82. The highest BCUT2D eigenvalue weighted by Gasteiger charge is 2.26. The second kappa shape index (κ2) is 10.5. The van der Waals surface area contributed by atoms with Crippen LogP contribution in [0.3, 0.4) is 0 Å². The molecule has 13 nitrogen and oxygen atoms in total. The Hall–Kier alpha value is -4.62. The Labute approximate surface area is 229 Å². The van der Waals surface area contributed by atoms with E-state index >= 15 is 0 Å². The van der Waals surface area contributed by atoms with Crippen molar-refractivity contribution in [2.24, 2.45) is 7.05 Å². The highest BCUT2D eigenvalue weighted by Crippen LogP contribution is 2.31. The largest absolute Gasteiger partial charge is 0.417 e. The van der Waals surface area contributed by atoms with Gasteiger partial charge in [-0.1, -0.05) is 30.3 Å². The molecule has 0 unspecified atom stereocenters. The van der Waals surface area contributed by atoms with E-state index in [1.54, 1.807) is 37.7 Å². The van der Waals surface area contributed by atoms with E-state index < -0.39 is 11.6 Å². The molecule has 0 saturated heterocycles. The summed E-state index contributed by atoms with van der Waals surface area (Å²) in [5.74, 6) is 1.09. The quantitative estimate of drug-likeness (QED) is 0.214. The number of hydrogen-bond acceptors (Lipinski definition) is 11. The molecule has 0 saturated carbocycles. The van der Waals surface area contributed by atoms with Gasteiger partial charge in [-0.05, 0) is 45.4 Å². The standard InChI is InChI=1S/C27H31N9O4/c1-15(2)36-22-17(24(38)35(36)5)11-12-20(30-22)31-26-28-13-18(23-33-34-25(40-23)27(3,4)39)21(32-26)29-19(14-37)16-9-7-6-8-10-16/h6-13,15,19,37,39H,14H2,1-5H3,(H2,28,29,30,31,32)/t19-/m1/s1. The van der Waals surface area contributed by atoms with Gasteiger partial charge in [0, 0.05) is 19.3 Å². The van der Waals surface area contributed by atoms with Crippen molar-refractivity contribution < 1.29 is 14.6 Å². The molecule has 0 spiro atoms. The molecule has 0 amide bonds. The van der Waals surface area contributed by atoms with Crippen molar-refractivity contribution >= 4 is 28.6 Å². The molecular weight excluding hydrogens is 514 g/mol. The predicted octanol–water partition coefficient (Wildman–Crippen LogP) is 3.27. The molecule has 4 aromatic heterocycles. The first-order chi connectivity index (χ1) is 19.1. The molecular formula is C27H31N9O4. The smallest absolute Gasteiger partial charge is 0.275 e. The lowest BCUT2D eigenvalue weighted by Gasteiger charge is -2.19. The first kappa shape index (κ1) is 27.0. The van der Waals surface area contributed by atoms with E-state index in [9.17, 15) is 15.0 Å². The molecule has 40 heavy (non-hydrogen) atoms. The van der Waals surface area contributed by atoms with Crippen molar-refractivity contribution in [3.05, 3.63) is 70.5 Å². The third-order valence-electron chi connectivity index (χ3n) is 6.33. The van der Waals surface area contributed by atoms with Crippen LogP contribution in [-0.4, -0.2) is 51.3 Å². The number of rotatable bonds is 9. The number of aliphatic hydroxyl groups excluding tert-OH is 1. The number of benzene rings is 1. The van der Waals surface area contributed by atoms with Crippen molar-refractivity contribution in [1.29, 1.82) is 0 Å². The summed E-state index contributed by atoms with van der Waals surface area (Å²) in [6.07, 6.45) is 1.50. The van der Waals surface area contributed by atoms with E-state index in [1.807, 2.05) is 48.9 Å². The maximum absolute atomic E-state index is 12.6. The molecule has 1 aromatic carbocycles. The Morgan fingerprint density at radius 1 is 1.07 bits per heavy atom. The zero-order valence-corrected chi connectivity index (χ0v) is 22.8. The Morgan fingerprint density at radius 2 is 1.82 bits per heavy atom. The molecule has 0 aliphatic rings. The van der Waals surface area contributed by atoms with Gasteiger partial charge in [0.2, 0.25) is 11.8 Å². The third kappa shape index (κ3) is 5.16. The van der Waals surface area contributed by atoms with Crippen LogP contribution in [0.2, 0.25) is 0 Å². The van der Waals surface area contributed by atoms with Gasteiger partial charge in [0.1, 0.15) is 17.2 Å². The maximum Gasteiger partial charge on any atom is 0.275 e. The van der Waals surface area contributed by atoms with Gasteiger partial charge in [0.05, 0.1) is 23.6 Å². The van der Waals surface area contributed by atoms with Gasteiger partial charge >= 0.3 is 0 Å². The molecule has 13 heteroatoms. The van der Waals surface area contributed by atoms with E-state index in [-0.39, 0.29) is 35.9 Å². The topological polar surface area (TPSA) is 169 Å². The minimum atomic E-state index is -1.34. The lowest BCUT2D eigenvalue weighted by Crippen LogP contribution is -2.20. The van der Waals surface area contributed by atoms with E-state index in [2.05, 4.69) is 35.8 Å². The monoisotopic (exact) mass is 545 g/mol. The van der Waals surface area contributed by atoms with Gasteiger partial charge in [-0.15, -0.1) is 10.2 Å². The SMILES string of the molecule is CC(C)n1c2nc(Nc3ncc(-c4nnc(C(C)(C)O)o4)c(N[C@H](CO)c4ccccc4)n3)ccc2c(=O)n1C. The lowest BCUT2D eigenvalue weighted by molar-refractivity contribution is 0.0488. The fourth-order valence-corrected chi connectivity index (χ4v) is 4.35. The van der Waals surface area contributed by atoms with Crippen LogP contribution in [0.1, 0.15) is 51.2 Å². The van der Waals surface area contributed by atoms with Crippen molar-refractivity contribution in [3.8, 4) is 11.5 Å². The summed E-state index contributed by atoms with van der Waals surface area (Å²) in [5, 5.41) is 35.4. The number of pyridine rings is 1. The number of anilines is 3. The average Bonchev–Trinajstić information content (AvgIpc) is 3.51. The Bertz CT molecular complexity index is 1700. The van der Waals surface area contributed by atoms with Gasteiger partial charge in [-0.3, -0.25) is 14.2 Å². The van der Waals surface area contributed by atoms with Crippen LogP contribution in [0, 0.1) is 0 Å². The molecule has 208 valence electrons. The third-order valence-corrected chi connectivity index (χ3v) is 6.33. The molecule has 0 fully saturated rings. The zero-order valence-electron chi connectivity index (χ0n) is 22.8. The minimum Gasteiger partial charge on any atom is -0.417 e. The summed E-state index contributed by atoms with van der Waals surface area (Å²) >= 11 is 0. The van der Waals surface area contributed by atoms with Gasteiger partial charge in [-0.2, -0.15) is 4.98 Å². The maximum atomic E-state index is 12.6. The van der Waals surface area contributed by atoms with Gasteiger partial charge in [0.25, 0.3) is 11.4 Å². The van der Waals surface area contributed by atoms with Gasteiger partial charge in [-0.25, -0.2) is 9.97 Å². The number of aliphatic hydroxyl groups is 2. The van der Waals surface area contributed by atoms with Crippen LogP contribution >= 0.6 is 0 Å². The Balaban J connectivity index is 1.55. The first-order valence-corrected chi connectivity index (χ1v) is 12.8. The van der Waals surface area contributed by atoms with Crippen LogP contribution < -0.4 is 16.2 Å². The molecule has 0 aliphatic heterocycles. The molecule has 4 N–H and O–H groups in total. The van der Waals surface area contributed by atoms with Crippen molar-refractivity contribution in [1.82, 2.24) is 34.5 Å². The summed E-state index contributed by atoms with van der Waals surface area (Å²) in [5.41, 5.74) is 0.294. The van der Waals surface area contributed by atoms with E-state index in [4.69, 9.17) is 4.42 Å². The number of fused-ring (bicyclic) bond motifs is 1. The number of nitrogens with zero attached hydrogens (tertiary/aromatic N) is 7. The zero-order chi connectivity index (χ0) is 28.6. The molecule has 5 aromatic rings. The van der Waals surface area contributed by atoms with Crippen molar-refractivity contribution in [2.75, 3.05) is 17.2 Å². The second-order valence-corrected chi connectivity index (χ2v) is 10.2. The highest BCUT2D eigenvalue weighted by atomic mass is 16.4. The number of hydrogen-bond donors (Lipinski definition) is 4.